The highest BCUT2D eigenvalue weighted by Crippen LogP contribution is 2.25. The number of nitrogens with one attached hydrogen (secondary N) is 2. The minimum Gasteiger partial charge on any atom is -0.352 e. The van der Waals surface area contributed by atoms with E-state index < -0.39 is 5.91 Å². The summed E-state index contributed by atoms with van der Waals surface area (Å²) in [5, 5.41) is 6.20. The van der Waals surface area contributed by atoms with Gasteiger partial charge in [-0.1, -0.05) is 42.5 Å². The van der Waals surface area contributed by atoms with Crippen LogP contribution in [0.5, 0.6) is 0 Å². The SMILES string of the molecule is Cc1sc2ncn(CC(=O)Nc3ccccc3C(=O)NCCc3ccccc3)c(=O)c2c1C. The third-order valence-corrected chi connectivity index (χ3v) is 6.57. The summed E-state index contributed by atoms with van der Waals surface area (Å²) in [7, 11) is 0. The monoisotopic (exact) mass is 460 g/mol. The highest BCUT2D eigenvalue weighted by atomic mass is 32.1. The summed E-state index contributed by atoms with van der Waals surface area (Å²) in [6.07, 6.45) is 2.10. The molecule has 0 aliphatic heterocycles. The zero-order valence-corrected chi connectivity index (χ0v) is 19.2. The third-order valence-electron chi connectivity index (χ3n) is 5.46. The number of thiophene rings is 1. The molecular formula is C25H24N4O3S. The first kappa shape index (κ1) is 22.4. The van der Waals surface area contributed by atoms with Gasteiger partial charge in [0, 0.05) is 11.4 Å². The van der Waals surface area contributed by atoms with Crippen LogP contribution in [0.25, 0.3) is 10.2 Å². The fourth-order valence-corrected chi connectivity index (χ4v) is 4.56. The number of nitrogens with zero attached hydrogens (tertiary/aromatic N) is 2. The number of carbonyl (C=O) groups is 2. The fraction of sp³-hybridized carbons (Fsp3) is 0.200. The predicted octanol–water partition coefficient (Wildman–Crippen LogP) is 3.69. The van der Waals surface area contributed by atoms with Crippen molar-refractivity contribution in [2.75, 3.05) is 11.9 Å². The lowest BCUT2D eigenvalue weighted by molar-refractivity contribution is -0.116. The maximum absolute atomic E-state index is 12.8. The van der Waals surface area contributed by atoms with E-state index in [4.69, 9.17) is 0 Å². The summed E-state index contributed by atoms with van der Waals surface area (Å²) >= 11 is 1.46. The molecule has 0 fully saturated rings. The summed E-state index contributed by atoms with van der Waals surface area (Å²) in [6, 6.07) is 16.7. The number of para-hydroxylation sites is 1. The molecule has 7 nitrogen and oxygen atoms in total. The van der Waals surface area contributed by atoms with Gasteiger partial charge in [-0.15, -0.1) is 11.3 Å². The van der Waals surface area contributed by atoms with Crippen LogP contribution in [0, 0.1) is 13.8 Å². The molecule has 4 rings (SSSR count). The molecule has 0 aliphatic carbocycles. The van der Waals surface area contributed by atoms with Crippen molar-refractivity contribution in [1.82, 2.24) is 14.9 Å². The van der Waals surface area contributed by atoms with Crippen molar-refractivity contribution in [3.63, 3.8) is 0 Å². The first-order chi connectivity index (χ1) is 15.9. The van der Waals surface area contributed by atoms with Crippen LogP contribution in [-0.2, 0) is 17.8 Å². The van der Waals surface area contributed by atoms with E-state index >= 15 is 0 Å². The number of fused-ring (bicyclic) bond motifs is 1. The number of hydrogen-bond acceptors (Lipinski definition) is 5. The van der Waals surface area contributed by atoms with Crippen molar-refractivity contribution < 1.29 is 9.59 Å². The predicted molar refractivity (Wildman–Crippen MR) is 131 cm³/mol. The molecule has 0 atom stereocenters. The Morgan fingerprint density at radius 3 is 2.55 bits per heavy atom. The van der Waals surface area contributed by atoms with Crippen molar-refractivity contribution in [1.29, 1.82) is 0 Å². The molecule has 0 radical (unpaired) electrons. The van der Waals surface area contributed by atoms with Crippen LogP contribution in [0.3, 0.4) is 0 Å². The number of carbonyl (C=O) groups excluding carboxylic acids is 2. The van der Waals surface area contributed by atoms with Gasteiger partial charge in [0.1, 0.15) is 11.4 Å². The van der Waals surface area contributed by atoms with E-state index in [1.54, 1.807) is 24.3 Å². The van der Waals surface area contributed by atoms with Gasteiger partial charge in [0.15, 0.2) is 0 Å². The minimum atomic E-state index is -0.410. The van der Waals surface area contributed by atoms with Crippen LogP contribution < -0.4 is 16.2 Å². The van der Waals surface area contributed by atoms with Gasteiger partial charge in [-0.05, 0) is 43.5 Å². The molecule has 0 saturated heterocycles. The Bertz CT molecular complexity index is 1380. The lowest BCUT2D eigenvalue weighted by Gasteiger charge is -2.12. The standard InChI is InChI=1S/C25H24N4O3S/c1-16-17(2)33-24-22(16)25(32)29(15-27-24)14-21(30)28-20-11-7-6-10-19(20)23(31)26-13-12-18-8-4-3-5-9-18/h3-11,15H,12-14H2,1-2H3,(H,26,31)(H,28,30). The smallest absolute Gasteiger partial charge is 0.262 e. The van der Waals surface area contributed by atoms with Crippen LogP contribution in [-0.4, -0.2) is 27.9 Å². The molecule has 2 heterocycles. The summed E-state index contributed by atoms with van der Waals surface area (Å²) < 4.78 is 1.29. The lowest BCUT2D eigenvalue weighted by atomic mass is 10.1. The van der Waals surface area contributed by atoms with Gasteiger partial charge in [0.05, 0.1) is 23.0 Å². The van der Waals surface area contributed by atoms with Crippen molar-refractivity contribution in [3.8, 4) is 0 Å². The highest BCUT2D eigenvalue weighted by molar-refractivity contribution is 7.18. The molecule has 0 bridgehead atoms. The van der Waals surface area contributed by atoms with Crippen molar-refractivity contribution in [2.24, 2.45) is 0 Å². The van der Waals surface area contributed by atoms with Crippen LogP contribution in [0.2, 0.25) is 0 Å². The number of anilines is 1. The van der Waals surface area contributed by atoms with Gasteiger partial charge in [0.25, 0.3) is 11.5 Å². The normalized spacial score (nSPS) is 10.8. The molecule has 2 aromatic carbocycles. The molecule has 2 aromatic heterocycles. The summed E-state index contributed by atoms with van der Waals surface area (Å²) in [4.78, 5) is 44.3. The molecule has 168 valence electrons. The zero-order valence-electron chi connectivity index (χ0n) is 18.4. The van der Waals surface area contributed by atoms with E-state index in [0.29, 0.717) is 34.4 Å². The Kier molecular flexibility index (Phi) is 6.65. The lowest BCUT2D eigenvalue weighted by Crippen LogP contribution is -2.30. The fourth-order valence-electron chi connectivity index (χ4n) is 3.58. The number of hydrogen-bond donors (Lipinski definition) is 2. The Balaban J connectivity index is 1.44. The minimum absolute atomic E-state index is 0.194. The topological polar surface area (TPSA) is 93.1 Å². The molecule has 0 spiro atoms. The van der Waals surface area contributed by atoms with Crippen LogP contribution in [0.4, 0.5) is 5.69 Å². The Hall–Kier alpha value is -3.78. The first-order valence-electron chi connectivity index (χ1n) is 10.6. The molecule has 8 heteroatoms. The molecule has 33 heavy (non-hydrogen) atoms. The average molecular weight is 461 g/mol. The number of aryl methyl sites for hydroxylation is 2. The molecule has 2 N–H and O–H groups in total. The Labute approximate surface area is 195 Å². The average Bonchev–Trinajstić information content (AvgIpc) is 3.10. The number of amides is 2. The molecule has 0 saturated carbocycles. The highest BCUT2D eigenvalue weighted by Gasteiger charge is 2.16. The van der Waals surface area contributed by atoms with E-state index in [9.17, 15) is 14.4 Å². The third kappa shape index (κ3) is 5.01. The molecular weight excluding hydrogens is 436 g/mol. The Morgan fingerprint density at radius 1 is 1.03 bits per heavy atom. The van der Waals surface area contributed by atoms with Gasteiger partial charge in [0.2, 0.25) is 5.91 Å². The van der Waals surface area contributed by atoms with Crippen LogP contribution >= 0.6 is 11.3 Å². The Morgan fingerprint density at radius 2 is 1.76 bits per heavy atom. The van der Waals surface area contributed by atoms with Gasteiger partial charge in [-0.3, -0.25) is 19.0 Å². The maximum atomic E-state index is 12.8. The van der Waals surface area contributed by atoms with E-state index in [2.05, 4.69) is 15.6 Å². The second-order valence-corrected chi connectivity index (χ2v) is 8.93. The second kappa shape index (κ2) is 9.79. The number of aromatic nitrogens is 2. The zero-order chi connectivity index (χ0) is 23.4. The molecule has 0 aliphatic rings. The van der Waals surface area contributed by atoms with Gasteiger partial charge < -0.3 is 10.6 Å². The second-order valence-electron chi connectivity index (χ2n) is 7.73. The van der Waals surface area contributed by atoms with Gasteiger partial charge in [-0.25, -0.2) is 4.98 Å². The number of rotatable bonds is 7. The summed E-state index contributed by atoms with van der Waals surface area (Å²) in [5.74, 6) is -0.682. The first-order valence-corrected chi connectivity index (χ1v) is 11.4. The van der Waals surface area contributed by atoms with Gasteiger partial charge >= 0.3 is 0 Å². The quantitative estimate of drug-likeness (QED) is 0.440. The van der Waals surface area contributed by atoms with Gasteiger partial charge in [-0.2, -0.15) is 0 Å². The van der Waals surface area contributed by atoms with Crippen LogP contribution in [0.15, 0.2) is 65.7 Å². The molecule has 2 amide bonds. The van der Waals surface area contributed by atoms with E-state index in [-0.39, 0.29) is 18.0 Å². The van der Waals surface area contributed by atoms with E-state index in [1.165, 1.54) is 22.2 Å². The van der Waals surface area contributed by atoms with Crippen molar-refractivity contribution in [3.05, 3.63) is 92.8 Å². The van der Waals surface area contributed by atoms with Crippen molar-refractivity contribution >= 4 is 39.1 Å². The largest absolute Gasteiger partial charge is 0.352 e. The maximum Gasteiger partial charge on any atom is 0.262 e. The number of benzene rings is 2. The summed E-state index contributed by atoms with van der Waals surface area (Å²) in [5.41, 5.74) is 2.53. The van der Waals surface area contributed by atoms with Crippen LogP contribution in [0.1, 0.15) is 26.4 Å². The van der Waals surface area contributed by atoms with E-state index in [0.717, 1.165) is 16.0 Å². The molecule has 4 aromatic rings. The molecule has 0 unspecified atom stereocenters. The van der Waals surface area contributed by atoms with E-state index in [1.807, 2.05) is 44.2 Å². The van der Waals surface area contributed by atoms with Crippen molar-refractivity contribution in [2.45, 2.75) is 26.8 Å². The summed E-state index contributed by atoms with van der Waals surface area (Å²) in [6.45, 7) is 4.11.